The van der Waals surface area contributed by atoms with Gasteiger partial charge in [0.2, 0.25) is 5.88 Å². The van der Waals surface area contributed by atoms with Crippen molar-refractivity contribution in [3.63, 3.8) is 0 Å². The molecule has 0 spiro atoms. The summed E-state index contributed by atoms with van der Waals surface area (Å²) in [7, 11) is 0. The monoisotopic (exact) mass is 265 g/mol. The third kappa shape index (κ3) is 5.67. The maximum Gasteiger partial charge on any atom is 0.392 e. The maximum atomic E-state index is 11.9. The Kier molecular flexibility index (Phi) is 5.14. The first kappa shape index (κ1) is 14.5. The van der Waals surface area contributed by atoms with E-state index in [-0.39, 0.29) is 24.1 Å². The Bertz CT molecular complexity index is 385. The van der Waals surface area contributed by atoms with Crippen LogP contribution in [0.15, 0.2) is 6.07 Å². The minimum Gasteiger partial charge on any atom is -0.477 e. The van der Waals surface area contributed by atoms with Crippen LogP contribution in [0.4, 0.5) is 19.0 Å². The molecule has 102 valence electrons. The molecule has 0 amide bonds. The van der Waals surface area contributed by atoms with E-state index in [1.165, 1.54) is 6.07 Å². The number of aromatic nitrogens is 2. The molecular formula is C10H14F3N3O2. The number of hydrogen-bond acceptors (Lipinski definition) is 5. The van der Waals surface area contributed by atoms with Gasteiger partial charge < -0.3 is 15.2 Å². The van der Waals surface area contributed by atoms with Crippen LogP contribution in [0.2, 0.25) is 0 Å². The van der Waals surface area contributed by atoms with Crippen LogP contribution in [0.3, 0.4) is 0 Å². The third-order valence-electron chi connectivity index (χ3n) is 1.84. The number of nitrogen functional groups attached to an aromatic ring is 1. The van der Waals surface area contributed by atoms with Gasteiger partial charge in [-0.2, -0.15) is 18.2 Å². The van der Waals surface area contributed by atoms with Crippen molar-refractivity contribution in [2.24, 2.45) is 0 Å². The van der Waals surface area contributed by atoms with Crippen LogP contribution in [0.1, 0.15) is 19.2 Å². The van der Waals surface area contributed by atoms with Gasteiger partial charge in [-0.25, -0.2) is 4.98 Å². The Morgan fingerprint density at radius 2 is 2.06 bits per heavy atom. The SMILES string of the molecule is CCOCc1nc(N)cc(OCCC(F)(F)F)n1. The second kappa shape index (κ2) is 6.39. The summed E-state index contributed by atoms with van der Waals surface area (Å²) in [5.74, 6) is 0.419. The van der Waals surface area contributed by atoms with Crippen molar-refractivity contribution in [1.29, 1.82) is 0 Å². The summed E-state index contributed by atoms with van der Waals surface area (Å²) in [6, 6.07) is 1.27. The van der Waals surface area contributed by atoms with Crippen LogP contribution in [0, 0.1) is 0 Å². The van der Waals surface area contributed by atoms with Crippen molar-refractivity contribution < 1.29 is 22.6 Å². The molecule has 0 aliphatic carbocycles. The summed E-state index contributed by atoms with van der Waals surface area (Å²) in [4.78, 5) is 7.75. The smallest absolute Gasteiger partial charge is 0.392 e. The number of halogens is 3. The van der Waals surface area contributed by atoms with Crippen LogP contribution in [-0.2, 0) is 11.3 Å². The van der Waals surface area contributed by atoms with Gasteiger partial charge in [-0.05, 0) is 6.92 Å². The molecule has 1 aromatic heterocycles. The van der Waals surface area contributed by atoms with Crippen LogP contribution < -0.4 is 10.5 Å². The van der Waals surface area contributed by atoms with E-state index in [0.29, 0.717) is 6.61 Å². The average Bonchev–Trinajstić information content (AvgIpc) is 2.24. The molecule has 0 unspecified atom stereocenters. The highest BCUT2D eigenvalue weighted by Gasteiger charge is 2.26. The molecule has 0 bridgehead atoms. The molecule has 0 aliphatic rings. The summed E-state index contributed by atoms with van der Waals surface area (Å²) in [5, 5.41) is 0. The fourth-order valence-corrected chi connectivity index (χ4v) is 1.10. The van der Waals surface area contributed by atoms with E-state index < -0.39 is 19.2 Å². The first-order chi connectivity index (χ1) is 8.40. The highest BCUT2D eigenvalue weighted by Crippen LogP contribution is 2.20. The number of rotatable bonds is 6. The van der Waals surface area contributed by atoms with Crippen LogP contribution in [0.5, 0.6) is 5.88 Å². The molecule has 1 rings (SSSR count). The first-order valence-electron chi connectivity index (χ1n) is 5.31. The molecule has 0 saturated carbocycles. The summed E-state index contributed by atoms with van der Waals surface area (Å²) in [6.07, 6.45) is -5.30. The van der Waals surface area contributed by atoms with Gasteiger partial charge in [-0.1, -0.05) is 0 Å². The predicted molar refractivity (Wildman–Crippen MR) is 57.9 cm³/mol. The fourth-order valence-electron chi connectivity index (χ4n) is 1.10. The summed E-state index contributed by atoms with van der Waals surface area (Å²) in [6.45, 7) is 1.90. The zero-order chi connectivity index (χ0) is 13.6. The number of alkyl halides is 3. The second-order valence-electron chi connectivity index (χ2n) is 3.40. The van der Waals surface area contributed by atoms with Crippen LogP contribution >= 0.6 is 0 Å². The standard InChI is InChI=1S/C10H14F3N3O2/c1-2-17-6-8-15-7(14)5-9(16-8)18-4-3-10(11,12)13/h5H,2-4,6H2,1H3,(H2,14,15,16). The Balaban J connectivity index is 2.57. The quantitative estimate of drug-likeness (QED) is 0.851. The largest absolute Gasteiger partial charge is 0.477 e. The topological polar surface area (TPSA) is 70.3 Å². The van der Waals surface area contributed by atoms with Gasteiger partial charge in [0.05, 0.1) is 13.0 Å². The Hall–Kier alpha value is -1.57. The molecule has 0 fully saturated rings. The van der Waals surface area contributed by atoms with E-state index in [1.807, 2.05) is 0 Å². The molecule has 2 N–H and O–H groups in total. The number of hydrogen-bond donors (Lipinski definition) is 1. The molecule has 5 nitrogen and oxygen atoms in total. The average molecular weight is 265 g/mol. The molecule has 0 aromatic carbocycles. The third-order valence-corrected chi connectivity index (χ3v) is 1.84. The Morgan fingerprint density at radius 1 is 1.33 bits per heavy atom. The molecule has 1 aromatic rings. The number of nitrogens with zero attached hydrogens (tertiary/aromatic N) is 2. The van der Waals surface area contributed by atoms with E-state index in [0.717, 1.165) is 0 Å². The molecule has 8 heteroatoms. The van der Waals surface area contributed by atoms with Crippen molar-refractivity contribution in [3.8, 4) is 5.88 Å². The van der Waals surface area contributed by atoms with Gasteiger partial charge >= 0.3 is 6.18 Å². The van der Waals surface area contributed by atoms with Gasteiger partial charge in [0.1, 0.15) is 12.4 Å². The highest BCUT2D eigenvalue weighted by molar-refractivity contribution is 5.32. The number of nitrogens with two attached hydrogens (primary N) is 1. The lowest BCUT2D eigenvalue weighted by Gasteiger charge is -2.09. The zero-order valence-corrected chi connectivity index (χ0v) is 9.83. The molecule has 0 atom stereocenters. The van der Waals surface area contributed by atoms with E-state index >= 15 is 0 Å². The van der Waals surface area contributed by atoms with Gasteiger partial charge in [0.25, 0.3) is 0 Å². The molecular weight excluding hydrogens is 251 g/mol. The molecule has 1 heterocycles. The molecule has 18 heavy (non-hydrogen) atoms. The molecule has 0 aliphatic heterocycles. The Labute approximate surface area is 102 Å². The van der Waals surface area contributed by atoms with Crippen molar-refractivity contribution in [3.05, 3.63) is 11.9 Å². The normalized spacial score (nSPS) is 11.6. The van der Waals surface area contributed by atoms with E-state index in [1.54, 1.807) is 6.92 Å². The van der Waals surface area contributed by atoms with E-state index in [4.69, 9.17) is 15.2 Å². The van der Waals surface area contributed by atoms with Crippen LogP contribution in [0.25, 0.3) is 0 Å². The van der Waals surface area contributed by atoms with E-state index in [2.05, 4.69) is 9.97 Å². The fraction of sp³-hybridized carbons (Fsp3) is 0.600. The lowest BCUT2D eigenvalue weighted by molar-refractivity contribution is -0.139. The lowest BCUT2D eigenvalue weighted by Crippen LogP contribution is -2.14. The predicted octanol–water partition coefficient (Wildman–Crippen LogP) is 1.93. The maximum absolute atomic E-state index is 11.9. The van der Waals surface area contributed by atoms with Crippen molar-refractivity contribution in [1.82, 2.24) is 9.97 Å². The van der Waals surface area contributed by atoms with Gasteiger partial charge in [-0.3, -0.25) is 0 Å². The van der Waals surface area contributed by atoms with Crippen molar-refractivity contribution >= 4 is 5.82 Å². The minimum atomic E-state index is -4.26. The van der Waals surface area contributed by atoms with Crippen molar-refractivity contribution in [2.75, 3.05) is 18.9 Å². The summed E-state index contributed by atoms with van der Waals surface area (Å²) in [5.41, 5.74) is 5.48. The number of anilines is 1. The second-order valence-corrected chi connectivity index (χ2v) is 3.40. The minimum absolute atomic E-state index is 0.0152. The van der Waals surface area contributed by atoms with Crippen LogP contribution in [-0.4, -0.2) is 29.4 Å². The first-order valence-corrected chi connectivity index (χ1v) is 5.31. The molecule has 0 radical (unpaired) electrons. The summed E-state index contributed by atoms with van der Waals surface area (Å²) >= 11 is 0. The van der Waals surface area contributed by atoms with E-state index in [9.17, 15) is 13.2 Å². The zero-order valence-electron chi connectivity index (χ0n) is 9.83. The lowest BCUT2D eigenvalue weighted by atomic mass is 10.4. The Morgan fingerprint density at radius 3 is 2.67 bits per heavy atom. The summed E-state index contributed by atoms with van der Waals surface area (Å²) < 4.78 is 45.7. The van der Waals surface area contributed by atoms with Crippen molar-refractivity contribution in [2.45, 2.75) is 26.1 Å². The highest BCUT2D eigenvalue weighted by atomic mass is 19.4. The van der Waals surface area contributed by atoms with Gasteiger partial charge in [0, 0.05) is 12.7 Å². The van der Waals surface area contributed by atoms with Gasteiger partial charge in [-0.15, -0.1) is 0 Å². The number of ether oxygens (including phenoxy) is 2. The van der Waals surface area contributed by atoms with Gasteiger partial charge in [0.15, 0.2) is 5.82 Å². The molecule has 0 saturated heterocycles.